The molecule has 524 valence electrons. The fraction of sp³-hybridized carbons (Fsp3) is 0.114. The maximum absolute atomic E-state index is 5.99. The van der Waals surface area contributed by atoms with Gasteiger partial charge in [0.1, 0.15) is 0 Å². The summed E-state index contributed by atoms with van der Waals surface area (Å²) in [6, 6.07) is 123. The number of hydrogen-bond donors (Lipinski definition) is 0. The lowest BCUT2D eigenvalue weighted by molar-refractivity contribution is -0.491. The minimum Gasteiger partial charge on any atom is -0.431 e. The van der Waals surface area contributed by atoms with Gasteiger partial charge < -0.3 is 19.1 Å². The Morgan fingerprint density at radius 2 is 0.655 bits per heavy atom. The van der Waals surface area contributed by atoms with Crippen LogP contribution in [0.3, 0.4) is 0 Å². The maximum Gasteiger partial charge on any atom is 0.185 e. The van der Waals surface area contributed by atoms with Gasteiger partial charge >= 0.3 is 0 Å². The quantitative estimate of drug-likeness (QED) is 0.0913. The Hall–Kier alpha value is -13.1. The highest BCUT2D eigenvalue weighted by molar-refractivity contribution is 6.19. The van der Waals surface area contributed by atoms with E-state index in [1.807, 2.05) is 0 Å². The summed E-state index contributed by atoms with van der Waals surface area (Å²) in [6.07, 6.45) is 2.15. The minimum atomic E-state index is -0.313. The molecule has 2 unspecified atom stereocenters. The van der Waals surface area contributed by atoms with Gasteiger partial charge in [-0.2, -0.15) is 0 Å². The highest BCUT2D eigenvalue weighted by Gasteiger charge is 2.40. The van der Waals surface area contributed by atoms with E-state index in [0.29, 0.717) is 6.54 Å². The predicted octanol–water partition coefficient (Wildman–Crippen LogP) is 26.7. The molecule has 3 aromatic heterocycles. The van der Waals surface area contributed by atoms with Crippen molar-refractivity contribution in [3.63, 3.8) is 0 Å². The van der Waals surface area contributed by atoms with Gasteiger partial charge in [0.2, 0.25) is 0 Å². The van der Waals surface area contributed by atoms with Crippen molar-refractivity contribution in [2.45, 2.75) is 70.4 Å². The molecule has 0 amide bonds. The molecule has 5 heteroatoms. The number of benzene rings is 15. The number of nitrogens with zero attached hydrogens (tertiary/aromatic N) is 5. The molecule has 0 radical (unpaired) electrons. The predicted molar refractivity (Wildman–Crippen MR) is 459 cm³/mol. The Morgan fingerprint density at radius 1 is 0.309 bits per heavy atom. The van der Waals surface area contributed by atoms with Gasteiger partial charge in [-0.15, -0.1) is 6.58 Å². The Balaban J connectivity index is 0.683. The summed E-state index contributed by atoms with van der Waals surface area (Å²) in [5.41, 5.74) is 44.0. The minimum absolute atomic E-state index is 0.0761. The lowest BCUT2D eigenvalue weighted by atomic mass is 9.82. The first-order valence-corrected chi connectivity index (χ1v) is 38.9. The van der Waals surface area contributed by atoms with E-state index >= 15 is 0 Å². The van der Waals surface area contributed by atoms with E-state index in [0.717, 1.165) is 61.5 Å². The van der Waals surface area contributed by atoms with Crippen LogP contribution >= 0.6 is 0 Å². The van der Waals surface area contributed by atoms with Crippen molar-refractivity contribution in [1.82, 2.24) is 13.7 Å². The molecular formula is C105H79N5. The second-order valence-corrected chi connectivity index (χ2v) is 32.5. The number of fused-ring (bicyclic) bond motifs is 18. The first-order chi connectivity index (χ1) is 53.8. The lowest BCUT2D eigenvalue weighted by Gasteiger charge is -2.25. The zero-order chi connectivity index (χ0) is 73.6. The largest absolute Gasteiger partial charge is 0.431 e. The zero-order valence-electron chi connectivity index (χ0n) is 62.6. The van der Waals surface area contributed by atoms with Crippen LogP contribution in [0.1, 0.15) is 97.7 Å². The SMILES string of the molecule is C=CC1C(c2cccc(-n3c4ccccc4c4c(-c5ccc6c(c5)-c5ccccc5C6(C)C)cccc43)c2)=[N+](Cc2cccc(-n3c4ccccc4c4c(-c5ccc6c(c5)-c5ccccc5C6(C)C)cccc43)c2)[N-]C1c1cccc(-n2c3ccccc3c3c(-c4ccc5c(c4)-c4ccccc4C5(C)C)cccc32)c1. The molecule has 22 rings (SSSR count). The van der Waals surface area contributed by atoms with Gasteiger partial charge in [-0.25, -0.2) is 0 Å². The standard InChI is InChI=1S/C105H79N5/c1-8-73-101(68-28-22-31-71(58-68)109-93-46-19-13-37-81(93)99-75(40-25-49-96(99)109)66-52-55-90-84(61-66)78-34-10-16-43-87(78)104(90,4)5)106-107(63-64-27-21-30-70(57-64)108-92-45-18-12-36-80(92)98-74(39-24-48-95(98)108)65-51-54-89-83(60-65)77-33-9-15-42-86(77)103(89,2)3)102(73)69-29-23-32-72(59-69)110-94-47-20-14-38-82(94)100-76(41-26-50-97(100)110)67-53-56-91-85(62-67)79-35-11-17-44-88(79)105(91,6)7/h8-62,73,101H,1,63H2,2-7H3. The van der Waals surface area contributed by atoms with Gasteiger partial charge in [-0.05, 0) is 203 Å². The van der Waals surface area contributed by atoms with Gasteiger partial charge in [-0.1, -0.05) is 284 Å². The van der Waals surface area contributed by atoms with Crippen LogP contribution in [0.5, 0.6) is 0 Å². The molecule has 0 spiro atoms. The molecule has 2 atom stereocenters. The third-order valence-corrected chi connectivity index (χ3v) is 25.6. The molecule has 15 aromatic carbocycles. The van der Waals surface area contributed by atoms with Crippen LogP contribution < -0.4 is 0 Å². The first-order valence-electron chi connectivity index (χ1n) is 38.9. The van der Waals surface area contributed by atoms with Crippen LogP contribution in [0, 0.1) is 5.92 Å². The molecule has 0 saturated heterocycles. The van der Waals surface area contributed by atoms with Crippen molar-refractivity contribution in [3.05, 3.63) is 396 Å². The van der Waals surface area contributed by atoms with Crippen LogP contribution in [0.2, 0.25) is 0 Å². The van der Waals surface area contributed by atoms with Gasteiger partial charge in [0, 0.05) is 76.8 Å². The third-order valence-electron chi connectivity index (χ3n) is 25.6. The van der Waals surface area contributed by atoms with Crippen molar-refractivity contribution < 1.29 is 4.68 Å². The third kappa shape index (κ3) is 9.18. The summed E-state index contributed by atoms with van der Waals surface area (Å²) < 4.78 is 9.75. The summed E-state index contributed by atoms with van der Waals surface area (Å²) in [6.45, 7) is 19.4. The molecule has 0 saturated carbocycles. The van der Waals surface area contributed by atoms with Crippen molar-refractivity contribution in [2.75, 3.05) is 0 Å². The van der Waals surface area contributed by atoms with E-state index in [-0.39, 0.29) is 28.2 Å². The van der Waals surface area contributed by atoms with Gasteiger partial charge in [-0.3, -0.25) is 4.68 Å². The van der Waals surface area contributed by atoms with Gasteiger partial charge in [0.05, 0.1) is 39.0 Å². The van der Waals surface area contributed by atoms with Crippen LogP contribution in [-0.4, -0.2) is 24.1 Å². The number of aromatic nitrogens is 3. The van der Waals surface area contributed by atoms with Crippen LogP contribution in [0.25, 0.3) is 155 Å². The average molecular weight is 1410 g/mol. The number of rotatable bonds is 11. The van der Waals surface area contributed by atoms with Crippen molar-refractivity contribution in [3.8, 4) is 83.8 Å². The van der Waals surface area contributed by atoms with E-state index in [4.69, 9.17) is 12.0 Å². The molecule has 110 heavy (non-hydrogen) atoms. The van der Waals surface area contributed by atoms with E-state index in [9.17, 15) is 0 Å². The molecule has 3 aliphatic carbocycles. The number of hydrogen-bond acceptors (Lipinski definition) is 0. The summed E-state index contributed by atoms with van der Waals surface area (Å²) in [7, 11) is 0. The van der Waals surface area contributed by atoms with Crippen molar-refractivity contribution >= 4 is 71.1 Å². The zero-order valence-corrected chi connectivity index (χ0v) is 62.6. The van der Waals surface area contributed by atoms with E-state index in [2.05, 4.69) is 394 Å². The highest BCUT2D eigenvalue weighted by atomic mass is 15.5. The average Bonchev–Trinajstić information content (AvgIpc) is 1.58. The first kappa shape index (κ1) is 64.1. The second-order valence-electron chi connectivity index (χ2n) is 32.5. The molecule has 0 fully saturated rings. The molecule has 4 aliphatic rings. The highest BCUT2D eigenvalue weighted by Crippen LogP contribution is 2.55. The van der Waals surface area contributed by atoms with Gasteiger partial charge in [0.25, 0.3) is 0 Å². The second kappa shape index (κ2) is 23.7. The Bertz CT molecular complexity index is 7050. The molecular weight excluding hydrogens is 1330 g/mol. The Morgan fingerprint density at radius 3 is 1.09 bits per heavy atom. The smallest absolute Gasteiger partial charge is 0.185 e. The van der Waals surface area contributed by atoms with Crippen LogP contribution in [0.15, 0.2) is 340 Å². The molecule has 0 N–H and O–H groups in total. The molecule has 5 nitrogen and oxygen atoms in total. The fourth-order valence-corrected chi connectivity index (χ4v) is 20.5. The maximum atomic E-state index is 5.99. The summed E-state index contributed by atoms with van der Waals surface area (Å²) >= 11 is 0. The van der Waals surface area contributed by atoms with E-state index in [1.165, 1.54) is 143 Å². The van der Waals surface area contributed by atoms with Crippen molar-refractivity contribution in [2.24, 2.45) is 5.92 Å². The lowest BCUT2D eigenvalue weighted by Crippen LogP contribution is -2.20. The molecule has 4 heterocycles. The topological polar surface area (TPSA) is 31.9 Å². The molecule has 0 bridgehead atoms. The molecule has 18 aromatic rings. The van der Waals surface area contributed by atoms with Crippen LogP contribution in [-0.2, 0) is 22.8 Å². The van der Waals surface area contributed by atoms with E-state index in [1.54, 1.807) is 0 Å². The molecule has 1 aliphatic heterocycles. The van der Waals surface area contributed by atoms with Crippen LogP contribution in [0.4, 0.5) is 0 Å². The monoisotopic (exact) mass is 1410 g/mol. The van der Waals surface area contributed by atoms with Crippen molar-refractivity contribution in [1.29, 1.82) is 0 Å². The summed E-state index contributed by atoms with van der Waals surface area (Å²) in [5.74, 6) is -0.211. The normalized spacial score (nSPS) is 16.1. The number of para-hydroxylation sites is 3. The fourth-order valence-electron chi connectivity index (χ4n) is 20.5. The summed E-state index contributed by atoms with van der Waals surface area (Å²) in [5, 5.41) is 7.39. The Kier molecular flexibility index (Phi) is 13.8. The van der Waals surface area contributed by atoms with Gasteiger partial charge in [0.15, 0.2) is 12.3 Å². The van der Waals surface area contributed by atoms with E-state index < -0.39 is 0 Å². The Labute approximate surface area is 641 Å². The summed E-state index contributed by atoms with van der Waals surface area (Å²) in [4.78, 5) is 0.